The average Bonchev–Trinajstić information content (AvgIpc) is 2.83. The zero-order valence-electron chi connectivity index (χ0n) is 10.5. The summed E-state index contributed by atoms with van der Waals surface area (Å²) in [4.78, 5) is 0.456. The first-order valence-corrected chi connectivity index (χ1v) is 7.80. The van der Waals surface area contributed by atoms with Gasteiger partial charge in [-0.25, -0.2) is 0 Å². The molecule has 1 aromatic rings. The van der Waals surface area contributed by atoms with Crippen LogP contribution < -0.4 is 9.47 Å². The van der Waals surface area contributed by atoms with E-state index in [2.05, 4.69) is 34.1 Å². The Labute approximate surface area is 117 Å². The van der Waals surface area contributed by atoms with Crippen molar-refractivity contribution in [2.75, 3.05) is 13.2 Å². The van der Waals surface area contributed by atoms with Crippen molar-refractivity contribution in [3.63, 3.8) is 0 Å². The number of fused-ring (bicyclic) bond motifs is 1. The minimum Gasteiger partial charge on any atom is -0.490 e. The minimum absolute atomic E-state index is 0.456. The van der Waals surface area contributed by atoms with Crippen LogP contribution in [0.4, 0.5) is 0 Å². The van der Waals surface area contributed by atoms with Crippen LogP contribution in [0.25, 0.3) is 0 Å². The van der Waals surface area contributed by atoms with Crippen molar-refractivity contribution in [1.29, 1.82) is 0 Å². The van der Waals surface area contributed by atoms with Crippen molar-refractivity contribution in [2.45, 2.75) is 36.9 Å². The molecule has 2 nitrogen and oxygen atoms in total. The summed E-state index contributed by atoms with van der Waals surface area (Å²) in [5.41, 5.74) is 1.33. The van der Waals surface area contributed by atoms with E-state index in [-0.39, 0.29) is 0 Å². The van der Waals surface area contributed by atoms with Gasteiger partial charge in [-0.3, -0.25) is 0 Å². The number of benzene rings is 1. The molecular formula is C15H19BrO2. The normalized spacial score (nSPS) is 21.6. The third kappa shape index (κ3) is 2.51. The van der Waals surface area contributed by atoms with Crippen LogP contribution in [0.3, 0.4) is 0 Å². The lowest BCUT2D eigenvalue weighted by atomic mass is 9.97. The Balaban J connectivity index is 1.82. The van der Waals surface area contributed by atoms with E-state index in [4.69, 9.17) is 9.47 Å². The van der Waals surface area contributed by atoms with Crippen molar-refractivity contribution in [1.82, 2.24) is 0 Å². The predicted octanol–water partition coefficient (Wildman–Crippen LogP) is 4.47. The standard InChI is InChI=1S/C15H19BrO2/c16-15(11-4-1-2-5-11)12-6-7-13-14(10-12)18-9-3-8-17-13/h6-7,10-11,15H,1-5,8-9H2. The number of ether oxygens (including phenoxy) is 2. The van der Waals surface area contributed by atoms with Crippen LogP contribution in [0.5, 0.6) is 11.5 Å². The number of hydrogen-bond acceptors (Lipinski definition) is 2. The van der Waals surface area contributed by atoms with Gasteiger partial charge in [0.1, 0.15) is 0 Å². The Morgan fingerprint density at radius 2 is 1.72 bits per heavy atom. The maximum atomic E-state index is 5.76. The van der Waals surface area contributed by atoms with Crippen molar-refractivity contribution in [3.8, 4) is 11.5 Å². The molecule has 2 aliphatic rings. The van der Waals surface area contributed by atoms with E-state index < -0.39 is 0 Å². The smallest absolute Gasteiger partial charge is 0.161 e. The quantitative estimate of drug-likeness (QED) is 0.750. The van der Waals surface area contributed by atoms with Crippen LogP contribution in [0, 0.1) is 5.92 Å². The molecule has 1 aliphatic carbocycles. The van der Waals surface area contributed by atoms with Crippen LogP contribution >= 0.6 is 15.9 Å². The van der Waals surface area contributed by atoms with Crippen LogP contribution in [0.2, 0.25) is 0 Å². The lowest BCUT2D eigenvalue weighted by Crippen LogP contribution is -2.03. The van der Waals surface area contributed by atoms with Crippen LogP contribution in [-0.2, 0) is 0 Å². The van der Waals surface area contributed by atoms with Gasteiger partial charge in [0.15, 0.2) is 11.5 Å². The first-order valence-electron chi connectivity index (χ1n) is 6.88. The highest BCUT2D eigenvalue weighted by atomic mass is 79.9. The van der Waals surface area contributed by atoms with E-state index in [0.29, 0.717) is 4.83 Å². The summed E-state index contributed by atoms with van der Waals surface area (Å²) in [6.45, 7) is 1.51. The zero-order chi connectivity index (χ0) is 12.4. The second kappa shape index (κ2) is 5.52. The van der Waals surface area contributed by atoms with Gasteiger partial charge in [0, 0.05) is 11.2 Å². The number of rotatable bonds is 2. The first kappa shape index (κ1) is 12.3. The summed E-state index contributed by atoms with van der Waals surface area (Å²) in [6, 6.07) is 6.38. The Hall–Kier alpha value is -0.700. The summed E-state index contributed by atoms with van der Waals surface area (Å²) in [5, 5.41) is 0. The molecule has 1 atom stereocenters. The van der Waals surface area contributed by atoms with Crippen molar-refractivity contribution in [2.24, 2.45) is 5.92 Å². The largest absolute Gasteiger partial charge is 0.490 e. The van der Waals surface area contributed by atoms with Crippen molar-refractivity contribution in [3.05, 3.63) is 23.8 Å². The Bertz CT molecular complexity index is 413. The van der Waals surface area contributed by atoms with Gasteiger partial charge < -0.3 is 9.47 Å². The molecule has 0 aromatic heterocycles. The monoisotopic (exact) mass is 310 g/mol. The van der Waals surface area contributed by atoms with E-state index in [9.17, 15) is 0 Å². The molecule has 98 valence electrons. The molecule has 1 fully saturated rings. The van der Waals surface area contributed by atoms with Gasteiger partial charge in [0.2, 0.25) is 0 Å². The number of alkyl halides is 1. The maximum Gasteiger partial charge on any atom is 0.161 e. The lowest BCUT2D eigenvalue weighted by Gasteiger charge is -2.18. The fourth-order valence-electron chi connectivity index (χ4n) is 2.87. The van der Waals surface area contributed by atoms with Crippen molar-refractivity contribution >= 4 is 15.9 Å². The Morgan fingerprint density at radius 1 is 1.00 bits per heavy atom. The van der Waals surface area contributed by atoms with Gasteiger partial charge in [0.05, 0.1) is 13.2 Å². The van der Waals surface area contributed by atoms with E-state index >= 15 is 0 Å². The van der Waals surface area contributed by atoms with Crippen LogP contribution in [-0.4, -0.2) is 13.2 Å². The van der Waals surface area contributed by atoms with E-state index in [0.717, 1.165) is 37.1 Å². The van der Waals surface area contributed by atoms with Gasteiger partial charge in [-0.05, 0) is 36.5 Å². The van der Waals surface area contributed by atoms with E-state index in [1.807, 2.05) is 0 Å². The molecule has 0 spiro atoms. The highest BCUT2D eigenvalue weighted by molar-refractivity contribution is 9.09. The van der Waals surface area contributed by atoms with E-state index in [1.165, 1.54) is 31.2 Å². The molecule has 0 bridgehead atoms. The molecule has 3 rings (SSSR count). The molecule has 1 aliphatic heterocycles. The Kier molecular flexibility index (Phi) is 3.78. The predicted molar refractivity (Wildman–Crippen MR) is 75.7 cm³/mol. The van der Waals surface area contributed by atoms with Gasteiger partial charge in [-0.15, -0.1) is 0 Å². The second-order valence-corrected chi connectivity index (χ2v) is 6.19. The molecular weight excluding hydrogens is 292 g/mol. The van der Waals surface area contributed by atoms with Crippen molar-refractivity contribution < 1.29 is 9.47 Å². The highest BCUT2D eigenvalue weighted by Gasteiger charge is 2.25. The third-order valence-corrected chi connectivity index (χ3v) is 5.18. The summed E-state index contributed by atoms with van der Waals surface area (Å²) >= 11 is 3.86. The fourth-order valence-corrected chi connectivity index (χ4v) is 3.69. The fraction of sp³-hybridized carbons (Fsp3) is 0.600. The molecule has 3 heteroatoms. The summed E-state index contributed by atoms with van der Waals surface area (Å²) in [7, 11) is 0. The number of hydrogen-bond donors (Lipinski definition) is 0. The molecule has 0 saturated heterocycles. The SMILES string of the molecule is BrC(c1ccc2c(c1)OCCCO2)C1CCCC1. The molecule has 1 saturated carbocycles. The van der Waals surface area contributed by atoms with Gasteiger partial charge >= 0.3 is 0 Å². The van der Waals surface area contributed by atoms with Crippen LogP contribution in [0.1, 0.15) is 42.5 Å². The molecule has 1 heterocycles. The van der Waals surface area contributed by atoms with Gasteiger partial charge in [-0.1, -0.05) is 34.8 Å². The molecule has 0 radical (unpaired) electrons. The van der Waals surface area contributed by atoms with E-state index in [1.54, 1.807) is 0 Å². The summed E-state index contributed by atoms with van der Waals surface area (Å²) in [5.74, 6) is 2.57. The first-order chi connectivity index (χ1) is 8.84. The molecule has 0 amide bonds. The third-order valence-electron chi connectivity index (χ3n) is 3.90. The average molecular weight is 311 g/mol. The van der Waals surface area contributed by atoms with Crippen LogP contribution in [0.15, 0.2) is 18.2 Å². The molecule has 1 aromatic carbocycles. The minimum atomic E-state index is 0.456. The molecule has 1 unspecified atom stereocenters. The number of halogens is 1. The maximum absolute atomic E-state index is 5.76. The zero-order valence-corrected chi connectivity index (χ0v) is 12.1. The summed E-state index contributed by atoms with van der Waals surface area (Å²) < 4.78 is 11.4. The van der Waals surface area contributed by atoms with Gasteiger partial charge in [-0.2, -0.15) is 0 Å². The molecule has 18 heavy (non-hydrogen) atoms. The topological polar surface area (TPSA) is 18.5 Å². The highest BCUT2D eigenvalue weighted by Crippen LogP contribution is 2.43. The summed E-state index contributed by atoms with van der Waals surface area (Å²) in [6.07, 6.45) is 6.38. The second-order valence-electron chi connectivity index (χ2n) is 5.20. The lowest BCUT2D eigenvalue weighted by molar-refractivity contribution is 0.297. The van der Waals surface area contributed by atoms with Gasteiger partial charge in [0.25, 0.3) is 0 Å². The Morgan fingerprint density at radius 3 is 2.50 bits per heavy atom. The molecule has 0 N–H and O–H groups in total.